The third kappa shape index (κ3) is 3.05. The maximum Gasteiger partial charge on any atom is 0.123 e. The van der Waals surface area contributed by atoms with Crippen molar-refractivity contribution in [3.8, 4) is 22.4 Å². The zero-order chi connectivity index (χ0) is 16.6. The molecule has 3 aromatic rings. The zero-order valence-electron chi connectivity index (χ0n) is 12.4. The van der Waals surface area contributed by atoms with Gasteiger partial charge in [-0.05, 0) is 37.6 Å². The van der Waals surface area contributed by atoms with Gasteiger partial charge in [-0.2, -0.15) is 10.2 Å². The first-order valence-corrected chi connectivity index (χ1v) is 7.64. The first-order chi connectivity index (χ1) is 11.0. The molecule has 6 heteroatoms. The lowest BCUT2D eigenvalue weighted by atomic mass is 9.95. The molecule has 0 aliphatic carbocycles. The lowest BCUT2D eigenvalue weighted by Crippen LogP contribution is -2.01. The van der Waals surface area contributed by atoms with E-state index in [9.17, 15) is 4.39 Å². The summed E-state index contributed by atoms with van der Waals surface area (Å²) in [5, 5.41) is 9.22. The Balaban J connectivity index is 2.32. The van der Waals surface area contributed by atoms with Crippen molar-refractivity contribution in [2.45, 2.75) is 13.8 Å². The molecular weight excluding hydrogens is 336 g/mol. The summed E-state index contributed by atoms with van der Waals surface area (Å²) in [5.74, 6) is -0.297. The molecule has 2 heterocycles. The summed E-state index contributed by atoms with van der Waals surface area (Å²) in [6.45, 7) is 3.68. The van der Waals surface area contributed by atoms with E-state index in [0.29, 0.717) is 27.1 Å². The van der Waals surface area contributed by atoms with E-state index in [1.165, 1.54) is 18.3 Å². The standard InChI is InChI=1S/C17H12Cl2FN3/c1-9-15(11-3-5-13(20)6-4-11)16(10(2)23-22-9)17-14(19)7-12(18)8-21-17/h3-8H,1-2H3. The van der Waals surface area contributed by atoms with E-state index < -0.39 is 0 Å². The molecule has 0 spiro atoms. The second-order valence-electron chi connectivity index (χ2n) is 5.11. The molecule has 0 radical (unpaired) electrons. The monoisotopic (exact) mass is 347 g/mol. The Bertz CT molecular complexity index is 880. The second kappa shape index (κ2) is 6.22. The number of benzene rings is 1. The summed E-state index contributed by atoms with van der Waals surface area (Å²) in [5.41, 5.74) is 4.40. The van der Waals surface area contributed by atoms with Crippen LogP contribution in [0.25, 0.3) is 22.4 Å². The summed E-state index contributed by atoms with van der Waals surface area (Å²) in [7, 11) is 0. The largest absolute Gasteiger partial charge is 0.253 e. The number of aromatic nitrogens is 3. The van der Waals surface area contributed by atoms with Crippen molar-refractivity contribution < 1.29 is 4.39 Å². The molecule has 3 nitrogen and oxygen atoms in total. The molecule has 0 atom stereocenters. The minimum atomic E-state index is -0.297. The van der Waals surface area contributed by atoms with Gasteiger partial charge in [0.25, 0.3) is 0 Å². The number of halogens is 3. The average Bonchev–Trinajstić information content (AvgIpc) is 2.51. The molecule has 23 heavy (non-hydrogen) atoms. The molecule has 3 rings (SSSR count). The van der Waals surface area contributed by atoms with Crippen LogP contribution < -0.4 is 0 Å². The topological polar surface area (TPSA) is 38.7 Å². The second-order valence-corrected chi connectivity index (χ2v) is 5.96. The van der Waals surface area contributed by atoms with Gasteiger partial charge in [-0.15, -0.1) is 0 Å². The molecular formula is C17H12Cl2FN3. The van der Waals surface area contributed by atoms with Crippen molar-refractivity contribution in [1.29, 1.82) is 0 Å². The fourth-order valence-corrected chi connectivity index (χ4v) is 2.94. The minimum absolute atomic E-state index is 0.297. The van der Waals surface area contributed by atoms with Crippen molar-refractivity contribution in [3.63, 3.8) is 0 Å². The van der Waals surface area contributed by atoms with E-state index >= 15 is 0 Å². The number of rotatable bonds is 2. The quantitative estimate of drug-likeness (QED) is 0.633. The van der Waals surface area contributed by atoms with Gasteiger partial charge in [0.05, 0.1) is 27.1 Å². The third-order valence-electron chi connectivity index (χ3n) is 3.50. The Hall–Kier alpha value is -2.04. The molecule has 0 aliphatic heterocycles. The van der Waals surface area contributed by atoms with E-state index in [0.717, 1.165) is 16.7 Å². The van der Waals surface area contributed by atoms with Gasteiger partial charge in [0.2, 0.25) is 0 Å². The number of pyridine rings is 1. The predicted molar refractivity (Wildman–Crippen MR) is 90.2 cm³/mol. The van der Waals surface area contributed by atoms with Crippen LogP contribution in [0.4, 0.5) is 4.39 Å². The zero-order valence-corrected chi connectivity index (χ0v) is 14.0. The van der Waals surface area contributed by atoms with Gasteiger partial charge in [-0.1, -0.05) is 35.3 Å². The first kappa shape index (κ1) is 15.8. The van der Waals surface area contributed by atoms with E-state index in [4.69, 9.17) is 23.2 Å². The van der Waals surface area contributed by atoms with Crippen molar-refractivity contribution in [3.05, 3.63) is 63.8 Å². The fraction of sp³-hybridized carbons (Fsp3) is 0.118. The van der Waals surface area contributed by atoms with Gasteiger partial charge in [0.1, 0.15) is 5.82 Å². The molecule has 0 fully saturated rings. The first-order valence-electron chi connectivity index (χ1n) is 6.88. The summed E-state index contributed by atoms with van der Waals surface area (Å²) in [6, 6.07) is 7.85. The maximum absolute atomic E-state index is 13.2. The van der Waals surface area contributed by atoms with Crippen LogP contribution in [0, 0.1) is 19.7 Å². The van der Waals surface area contributed by atoms with Crippen LogP contribution in [0.2, 0.25) is 10.0 Å². The van der Waals surface area contributed by atoms with Gasteiger partial charge >= 0.3 is 0 Å². The van der Waals surface area contributed by atoms with Gasteiger partial charge in [0, 0.05) is 17.3 Å². The van der Waals surface area contributed by atoms with Crippen LogP contribution in [0.1, 0.15) is 11.4 Å². The highest BCUT2D eigenvalue weighted by molar-refractivity contribution is 6.36. The molecule has 0 N–H and O–H groups in total. The molecule has 0 saturated carbocycles. The van der Waals surface area contributed by atoms with Crippen LogP contribution in [0.5, 0.6) is 0 Å². The Morgan fingerprint density at radius 3 is 2.13 bits per heavy atom. The molecule has 0 amide bonds. The molecule has 0 aliphatic rings. The Morgan fingerprint density at radius 1 is 0.913 bits per heavy atom. The van der Waals surface area contributed by atoms with Gasteiger partial charge in [-0.3, -0.25) is 4.98 Å². The Kier molecular flexibility index (Phi) is 4.28. The highest BCUT2D eigenvalue weighted by Crippen LogP contribution is 2.38. The minimum Gasteiger partial charge on any atom is -0.253 e. The SMILES string of the molecule is Cc1nnc(C)c(-c2ncc(Cl)cc2Cl)c1-c1ccc(F)cc1. The predicted octanol–water partition coefficient (Wildman–Crippen LogP) is 5.27. The number of hydrogen-bond donors (Lipinski definition) is 0. The van der Waals surface area contributed by atoms with Crippen molar-refractivity contribution in [2.24, 2.45) is 0 Å². The molecule has 0 saturated heterocycles. The van der Waals surface area contributed by atoms with Gasteiger partial charge in [0.15, 0.2) is 0 Å². The highest BCUT2D eigenvalue weighted by atomic mass is 35.5. The summed E-state index contributed by atoms with van der Waals surface area (Å²) in [4.78, 5) is 4.35. The molecule has 2 aromatic heterocycles. The molecule has 1 aromatic carbocycles. The summed E-state index contributed by atoms with van der Waals surface area (Å²) >= 11 is 12.3. The van der Waals surface area contributed by atoms with E-state index in [-0.39, 0.29) is 5.82 Å². The van der Waals surface area contributed by atoms with Crippen molar-refractivity contribution in [2.75, 3.05) is 0 Å². The van der Waals surface area contributed by atoms with E-state index in [1.807, 2.05) is 13.8 Å². The third-order valence-corrected chi connectivity index (χ3v) is 4.00. The number of nitrogens with zero attached hydrogens (tertiary/aromatic N) is 3. The van der Waals surface area contributed by atoms with Crippen LogP contribution in [0.15, 0.2) is 36.5 Å². The normalized spacial score (nSPS) is 10.8. The van der Waals surface area contributed by atoms with E-state index in [2.05, 4.69) is 15.2 Å². The average molecular weight is 348 g/mol. The van der Waals surface area contributed by atoms with Crippen LogP contribution in [-0.2, 0) is 0 Å². The lowest BCUT2D eigenvalue weighted by molar-refractivity contribution is 0.628. The number of hydrogen-bond acceptors (Lipinski definition) is 3. The smallest absolute Gasteiger partial charge is 0.123 e. The van der Waals surface area contributed by atoms with Gasteiger partial charge < -0.3 is 0 Å². The van der Waals surface area contributed by atoms with Crippen LogP contribution in [-0.4, -0.2) is 15.2 Å². The van der Waals surface area contributed by atoms with Crippen molar-refractivity contribution in [1.82, 2.24) is 15.2 Å². The lowest BCUT2D eigenvalue weighted by Gasteiger charge is -2.15. The van der Waals surface area contributed by atoms with Crippen LogP contribution >= 0.6 is 23.2 Å². The number of aryl methyl sites for hydroxylation is 2. The van der Waals surface area contributed by atoms with Crippen LogP contribution in [0.3, 0.4) is 0 Å². The van der Waals surface area contributed by atoms with Gasteiger partial charge in [-0.25, -0.2) is 4.39 Å². The molecule has 116 valence electrons. The van der Waals surface area contributed by atoms with Crippen molar-refractivity contribution >= 4 is 23.2 Å². The Morgan fingerprint density at radius 2 is 1.52 bits per heavy atom. The summed E-state index contributed by atoms with van der Waals surface area (Å²) < 4.78 is 13.2. The highest BCUT2D eigenvalue weighted by Gasteiger charge is 2.19. The molecule has 0 bridgehead atoms. The molecule has 0 unspecified atom stereocenters. The fourth-order valence-electron chi connectivity index (χ4n) is 2.47. The summed E-state index contributed by atoms with van der Waals surface area (Å²) in [6.07, 6.45) is 1.53. The van der Waals surface area contributed by atoms with E-state index in [1.54, 1.807) is 18.2 Å². The Labute approximate surface area is 143 Å². The maximum atomic E-state index is 13.2.